The molecule has 0 bridgehead atoms. The van der Waals surface area contributed by atoms with E-state index in [1.807, 2.05) is 0 Å². The van der Waals surface area contributed by atoms with Crippen molar-refractivity contribution in [3.8, 4) is 11.3 Å². The van der Waals surface area contributed by atoms with Gasteiger partial charge in [-0.2, -0.15) is 5.16 Å². The molecule has 0 radical (unpaired) electrons. The van der Waals surface area contributed by atoms with Crippen molar-refractivity contribution >= 4 is 11.8 Å². The second-order valence-corrected chi connectivity index (χ2v) is 9.14. The number of carbonyl (C=O) groups is 2. The number of aromatic nitrogens is 1. The number of esters is 1. The first-order chi connectivity index (χ1) is 16.9. The quantitative estimate of drug-likeness (QED) is 0.177. The molecule has 6 nitrogen and oxygen atoms in total. The lowest BCUT2D eigenvalue weighted by Gasteiger charge is -2.30. The van der Waals surface area contributed by atoms with Gasteiger partial charge in [-0.05, 0) is 48.9 Å². The zero-order chi connectivity index (χ0) is 26.8. The highest BCUT2D eigenvalue weighted by Crippen LogP contribution is 2.39. The number of carbonyl (C=O) groups excluding carboxylic acids is 2. The van der Waals surface area contributed by atoms with Gasteiger partial charge in [0.25, 0.3) is 5.56 Å². The molecule has 0 saturated heterocycles. The normalized spacial score (nSPS) is 13.3. The Labute approximate surface area is 204 Å². The lowest BCUT2D eigenvalue weighted by Crippen LogP contribution is -2.37. The third-order valence-corrected chi connectivity index (χ3v) is 5.97. The molecule has 192 valence electrons. The molecule has 1 heterocycles. The Morgan fingerprint density at radius 2 is 1.64 bits per heavy atom. The van der Waals surface area contributed by atoms with Gasteiger partial charge in [-0.15, -0.1) is 0 Å². The maximum Gasteiger partial charge on any atom is 0.317 e. The van der Waals surface area contributed by atoms with Crippen molar-refractivity contribution in [3.63, 3.8) is 0 Å². The number of hydrogen-bond donors (Lipinski definition) is 1. The molecule has 2 atom stereocenters. The van der Waals surface area contributed by atoms with Crippen LogP contribution >= 0.6 is 0 Å². The van der Waals surface area contributed by atoms with Crippen LogP contribution in [0.15, 0.2) is 45.7 Å². The number of benzene rings is 2. The van der Waals surface area contributed by atoms with Gasteiger partial charge in [-0.3, -0.25) is 14.4 Å². The molecule has 0 fully saturated rings. The monoisotopic (exact) mass is 507 g/mol. The van der Waals surface area contributed by atoms with Crippen molar-refractivity contribution in [2.75, 3.05) is 6.61 Å². The summed E-state index contributed by atoms with van der Waals surface area (Å²) in [5, 5.41) is 2.16. The van der Waals surface area contributed by atoms with Gasteiger partial charge in [0.1, 0.15) is 29.2 Å². The molecule has 10 heteroatoms. The van der Waals surface area contributed by atoms with Crippen LogP contribution in [0.5, 0.6) is 0 Å². The Morgan fingerprint density at radius 1 is 1.03 bits per heavy atom. The molecule has 1 aromatic heterocycles. The molecule has 0 aliphatic heterocycles. The molecular formula is C26H25F4NO5. The van der Waals surface area contributed by atoms with Gasteiger partial charge in [0.15, 0.2) is 11.5 Å². The minimum atomic E-state index is -1.47. The van der Waals surface area contributed by atoms with Gasteiger partial charge in [0, 0.05) is 12.1 Å². The van der Waals surface area contributed by atoms with E-state index in [1.165, 1.54) is 0 Å². The molecule has 0 spiro atoms. The van der Waals surface area contributed by atoms with Gasteiger partial charge in [-0.25, -0.2) is 17.6 Å². The molecule has 3 rings (SSSR count). The molecule has 0 aliphatic rings. The van der Waals surface area contributed by atoms with Gasteiger partial charge in [0.05, 0.1) is 23.3 Å². The lowest BCUT2D eigenvalue weighted by molar-refractivity contribution is -0.147. The van der Waals surface area contributed by atoms with Crippen LogP contribution in [0, 0.1) is 35.1 Å². The van der Waals surface area contributed by atoms with Crippen LogP contribution in [-0.2, 0) is 14.9 Å². The van der Waals surface area contributed by atoms with Crippen LogP contribution in [0.3, 0.4) is 0 Å². The Balaban J connectivity index is 2.01. The van der Waals surface area contributed by atoms with E-state index < -0.39 is 63.4 Å². The summed E-state index contributed by atoms with van der Waals surface area (Å²) < 4.78 is 65.9. The topological polar surface area (TPSA) is 89.4 Å². The van der Waals surface area contributed by atoms with Crippen LogP contribution in [0.4, 0.5) is 17.6 Å². The second kappa shape index (κ2) is 10.5. The van der Waals surface area contributed by atoms with Gasteiger partial charge in [0.2, 0.25) is 0 Å². The van der Waals surface area contributed by atoms with E-state index in [9.17, 15) is 31.9 Å². The molecule has 2 unspecified atom stereocenters. The summed E-state index contributed by atoms with van der Waals surface area (Å²) in [7, 11) is 0. The first-order valence-corrected chi connectivity index (χ1v) is 11.2. The number of halogens is 4. The van der Waals surface area contributed by atoms with Crippen molar-refractivity contribution in [2.24, 2.45) is 11.8 Å². The number of ketones is 1. The summed E-state index contributed by atoms with van der Waals surface area (Å²) in [5.74, 6) is -8.01. The number of nitrogens with one attached hydrogen (secondary N) is 1. The molecule has 36 heavy (non-hydrogen) atoms. The van der Waals surface area contributed by atoms with Crippen LogP contribution in [0.1, 0.15) is 50.0 Å². The Hall–Kier alpha value is -3.69. The van der Waals surface area contributed by atoms with Gasteiger partial charge < -0.3 is 9.26 Å². The third-order valence-electron chi connectivity index (χ3n) is 5.97. The molecule has 0 amide bonds. The number of Topliss-reactive ketones (excluding diaryl/α,β-unsaturated/α-hetero) is 1. The molecule has 0 aliphatic carbocycles. The zero-order valence-electron chi connectivity index (χ0n) is 20.1. The number of rotatable bonds is 9. The summed E-state index contributed by atoms with van der Waals surface area (Å²) in [4.78, 5) is 38.6. The average molecular weight is 507 g/mol. The maximum atomic E-state index is 14.5. The van der Waals surface area contributed by atoms with Crippen LogP contribution in [0.2, 0.25) is 0 Å². The second-order valence-electron chi connectivity index (χ2n) is 9.14. The fourth-order valence-electron chi connectivity index (χ4n) is 4.49. The summed E-state index contributed by atoms with van der Waals surface area (Å²) >= 11 is 0. The fourth-order valence-corrected chi connectivity index (χ4v) is 4.49. The smallest absolute Gasteiger partial charge is 0.317 e. The fraction of sp³-hybridized carbons (Fsp3) is 0.346. The van der Waals surface area contributed by atoms with Crippen molar-refractivity contribution in [2.45, 2.75) is 39.5 Å². The summed E-state index contributed by atoms with van der Waals surface area (Å²) in [6.45, 7) is 6.30. The number of H-pyrrole nitrogens is 1. The lowest BCUT2D eigenvalue weighted by atomic mass is 9.72. The van der Waals surface area contributed by atoms with E-state index in [0.29, 0.717) is 12.1 Å². The molecule has 2 aromatic carbocycles. The largest absolute Gasteiger partial charge is 0.465 e. The van der Waals surface area contributed by atoms with Gasteiger partial charge in [-0.1, -0.05) is 20.8 Å². The van der Waals surface area contributed by atoms with Crippen molar-refractivity contribution in [3.05, 3.63) is 81.1 Å². The molecule has 1 N–H and O–H groups in total. The standard InChI is InChI=1S/C26H25F4NO5/c1-5-35-25(34)20(22(32)16-8-6-14(27)10-18(16)29)13(2)12-26(3,4)21-23(36-31-24(21)33)17-9-7-15(28)11-19(17)30/h6-11,13,20H,5,12H2,1-4H3,(H,31,33). The Morgan fingerprint density at radius 3 is 2.22 bits per heavy atom. The van der Waals surface area contributed by atoms with E-state index in [2.05, 4.69) is 5.16 Å². The first-order valence-electron chi connectivity index (χ1n) is 11.2. The minimum Gasteiger partial charge on any atom is -0.465 e. The highest BCUT2D eigenvalue weighted by molar-refractivity contribution is 6.09. The summed E-state index contributed by atoms with van der Waals surface area (Å²) in [6.07, 6.45) is 0.00343. The predicted octanol–water partition coefficient (Wildman–Crippen LogP) is 5.56. The van der Waals surface area contributed by atoms with E-state index in [0.717, 1.165) is 24.3 Å². The molecule has 0 saturated carbocycles. The number of hydrogen-bond acceptors (Lipinski definition) is 5. The van der Waals surface area contributed by atoms with E-state index in [1.54, 1.807) is 27.7 Å². The van der Waals surface area contributed by atoms with E-state index in [4.69, 9.17) is 9.26 Å². The van der Waals surface area contributed by atoms with Crippen LogP contribution in [-0.4, -0.2) is 23.5 Å². The predicted molar refractivity (Wildman–Crippen MR) is 122 cm³/mol. The summed E-state index contributed by atoms with van der Waals surface area (Å²) in [5.41, 5.74) is -2.40. The van der Waals surface area contributed by atoms with E-state index in [-0.39, 0.29) is 29.9 Å². The van der Waals surface area contributed by atoms with Crippen molar-refractivity contribution in [1.29, 1.82) is 0 Å². The van der Waals surface area contributed by atoms with Crippen LogP contribution in [0.25, 0.3) is 11.3 Å². The Kier molecular flexibility index (Phi) is 7.86. The Bertz CT molecular complexity index is 1340. The molecular weight excluding hydrogens is 482 g/mol. The minimum absolute atomic E-state index is 0.00343. The first kappa shape index (κ1) is 26.9. The highest BCUT2D eigenvalue weighted by Gasteiger charge is 2.40. The summed E-state index contributed by atoms with van der Waals surface area (Å²) in [6, 6.07) is 5.18. The third kappa shape index (κ3) is 5.42. The maximum absolute atomic E-state index is 14.5. The van der Waals surface area contributed by atoms with E-state index >= 15 is 0 Å². The number of aromatic amines is 1. The number of ether oxygens (including phenoxy) is 1. The average Bonchev–Trinajstić information content (AvgIpc) is 3.15. The van der Waals surface area contributed by atoms with Crippen molar-refractivity contribution in [1.82, 2.24) is 5.16 Å². The SMILES string of the molecule is CCOC(=O)C(C(=O)c1ccc(F)cc1F)C(C)CC(C)(C)c1c(-c2ccc(F)cc2F)o[nH]c1=O. The van der Waals surface area contributed by atoms with Gasteiger partial charge >= 0.3 is 5.97 Å². The van der Waals surface area contributed by atoms with Crippen LogP contribution < -0.4 is 5.56 Å². The zero-order valence-corrected chi connectivity index (χ0v) is 20.1. The molecule has 3 aromatic rings. The van der Waals surface area contributed by atoms with Crippen molar-refractivity contribution < 1.29 is 36.4 Å². The highest BCUT2D eigenvalue weighted by atomic mass is 19.1.